The molecule has 0 aliphatic carbocycles. The molecule has 0 heterocycles. The number of rotatable bonds is 24. The molecule has 0 nitrogen and oxygen atoms in total. The van der Waals surface area contributed by atoms with Gasteiger partial charge in [0.15, 0.2) is 0 Å². The van der Waals surface area contributed by atoms with Gasteiger partial charge in [-0.3, -0.25) is 0 Å². The van der Waals surface area contributed by atoms with Crippen molar-refractivity contribution in [2.45, 2.75) is 349 Å². The van der Waals surface area contributed by atoms with Crippen LogP contribution in [-0.2, 0) is 0 Å². The first kappa shape index (κ1) is 107. The van der Waals surface area contributed by atoms with E-state index < -0.39 is 48.4 Å². The van der Waals surface area contributed by atoms with Crippen LogP contribution in [0.5, 0.6) is 0 Å². The fourth-order valence-electron chi connectivity index (χ4n) is 31.4. The first-order chi connectivity index (χ1) is 71.1. The number of fused-ring (bicyclic) bond motifs is 6. The molecule has 0 aromatic heterocycles. The van der Waals surface area contributed by atoms with E-state index in [1.807, 2.05) is 0 Å². The molecule has 0 aliphatic rings. The maximum absolute atomic E-state index is 4.12. The minimum absolute atomic E-state index is 0.517. The minimum atomic E-state index is -2.08. The Bertz CT molecular complexity index is 7110. The highest BCUT2D eigenvalue weighted by atomic mass is 28.3. The van der Waals surface area contributed by atoms with E-state index >= 15 is 0 Å². The topological polar surface area (TPSA) is 0 Å². The molecule has 0 bridgehead atoms. The SMILES string of the molecule is CC(C)[Si](C#Cc1ccc(-c2cc3c4cc(-c5ccc(C#C[Si](C(C)C)(C(C)C)C(C)C)cc5)cc5c6cc(-c7ccc(C#C[Si](C(C)C)(C(C)C)C(C)C)cc7)cc7c8cc(-c9ccc(C#C[Si](C(C)C)(C(C)C)C(C)C)cc9)cc9c%10cc(-c%11ccc(C#C[Si](C(C)C)(C(C)C)C(C)C)cc%11)cc%11c%12cc(-c%13ccc(C#C[Si](C(C)C)(C(C)C)C(C)C)cc%13)cc%13c(c2)c3c2c(c45)c(c67)c(c89)c(c%11%10)c2c%13%12)cc1)(C(C)C)C(C)C. The van der Waals surface area contributed by atoms with Crippen LogP contribution in [0, 0.1) is 68.8 Å². The Hall–Kier alpha value is -11.5. The van der Waals surface area contributed by atoms with Crippen LogP contribution in [0.1, 0.15) is 283 Å². The van der Waals surface area contributed by atoms with Crippen LogP contribution in [-0.4, -0.2) is 48.4 Å². The molecule has 0 saturated carbocycles. The van der Waals surface area contributed by atoms with Crippen LogP contribution in [0.25, 0.3) is 196 Å². The molecule has 0 amide bonds. The van der Waals surface area contributed by atoms with E-state index in [0.29, 0.717) is 99.7 Å². The van der Waals surface area contributed by atoms with Gasteiger partial charge in [-0.1, -0.05) is 358 Å². The Kier molecular flexibility index (Phi) is 28.7. The van der Waals surface area contributed by atoms with Crippen LogP contribution in [0.2, 0.25) is 99.7 Å². The lowest BCUT2D eigenvalue weighted by Crippen LogP contribution is -2.43. The summed E-state index contributed by atoms with van der Waals surface area (Å²) in [5.41, 5.74) is 54.6. The highest BCUT2D eigenvalue weighted by molar-refractivity contribution is 6.93. The van der Waals surface area contributed by atoms with Crippen molar-refractivity contribution in [2.75, 3.05) is 0 Å². The minimum Gasteiger partial charge on any atom is -0.125 e. The first-order valence-corrected chi connectivity index (χ1v) is 70.7. The van der Waals surface area contributed by atoms with Gasteiger partial charge in [-0.25, -0.2) is 0 Å². The number of hydrogen-bond donors (Lipinski definition) is 0. The Morgan fingerprint density at radius 2 is 0.200 bits per heavy atom. The molecular formula is C144H162Si6. The Morgan fingerprint density at radius 1 is 0.113 bits per heavy atom. The molecule has 0 radical (unpaired) electrons. The molecule has 0 aliphatic heterocycles. The van der Waals surface area contributed by atoms with Crippen LogP contribution < -0.4 is 0 Å². The fraction of sp³-hybridized carbons (Fsp3) is 0.375. The second kappa shape index (κ2) is 40.2. The molecular weight excluding hydrogens is 1900 g/mol. The second-order valence-corrected chi connectivity index (χ2v) is 84.8. The highest BCUT2D eigenvalue weighted by Gasteiger charge is 2.48. The lowest BCUT2D eigenvalue weighted by Gasteiger charge is -2.38. The number of hydrogen-bond acceptors (Lipinski definition) is 0. The Labute approximate surface area is 906 Å². The molecule has 0 fully saturated rings. The zero-order valence-corrected chi connectivity index (χ0v) is 103. The van der Waals surface area contributed by atoms with Crippen LogP contribution in [0.15, 0.2) is 218 Å². The summed E-state index contributed by atoms with van der Waals surface area (Å²) in [6, 6.07) is 88.1. The summed E-state index contributed by atoms with van der Waals surface area (Å²) in [6.07, 6.45) is 0. The average molecular weight is 2060 g/mol. The average Bonchev–Trinajstić information content (AvgIpc) is 0.638. The van der Waals surface area contributed by atoms with Gasteiger partial charge >= 0.3 is 0 Å². The molecule has 0 saturated heterocycles. The summed E-state index contributed by atoms with van der Waals surface area (Å²) in [6.45, 7) is 87.4. The van der Waals surface area contributed by atoms with Crippen molar-refractivity contribution in [1.29, 1.82) is 0 Å². The van der Waals surface area contributed by atoms with Crippen molar-refractivity contribution >= 4 is 178 Å². The van der Waals surface area contributed by atoms with Crippen molar-refractivity contribution in [3.8, 4) is 136 Å². The van der Waals surface area contributed by atoms with Gasteiger partial charge in [-0.05, 0) is 441 Å². The molecule has 0 spiro atoms. The quantitative estimate of drug-likeness (QED) is 0.0245. The van der Waals surface area contributed by atoms with E-state index in [4.69, 9.17) is 0 Å². The summed E-state index contributed by atoms with van der Waals surface area (Å²) in [7, 11) is -12.5. The van der Waals surface area contributed by atoms with E-state index in [-0.39, 0.29) is 0 Å². The molecule has 0 atom stereocenters. The summed E-state index contributed by atoms with van der Waals surface area (Å²) in [5, 5.41) is 31.2. The van der Waals surface area contributed by atoms with Crippen molar-refractivity contribution in [3.05, 3.63) is 252 Å². The van der Waals surface area contributed by atoms with Gasteiger partial charge in [0, 0.05) is 33.4 Å². The van der Waals surface area contributed by atoms with Gasteiger partial charge in [-0.15, -0.1) is 33.3 Å². The molecule has 19 aromatic rings. The molecule has 762 valence electrons. The second-order valence-electron chi connectivity index (χ2n) is 51.3. The third-order valence-electron chi connectivity index (χ3n) is 38.6. The van der Waals surface area contributed by atoms with Gasteiger partial charge in [0.05, 0.1) is 0 Å². The Morgan fingerprint density at radius 3 is 0.280 bits per heavy atom. The van der Waals surface area contributed by atoms with E-state index in [0.717, 1.165) is 33.4 Å². The van der Waals surface area contributed by atoms with Gasteiger partial charge < -0.3 is 0 Å². The Balaban J connectivity index is 1.01. The standard InChI is InChI=1S/C144H162Si6/c1-85(2)145(86(3)4,87(5)6)67-61-103-37-49-109(50-38-103)115-73-121-123-75-116(110-51-39-104(40-52-110)62-68-146(88(7)8,89(9)10)90(11)12)77-125-127-79-118(112-55-43-106(44-56-112)64-70-148(94(19)20,95(21)22)96(23)24)81-129-131-83-120(114-59-47-108(48-60-114)66-72-150(100(31)32,101(33)34)102(35)36)84-132-130-82-119(113-57-45-107(46-58-113)65-71-149(97(25)26,98(27)28)99(29)30)80-128-126-78-117(111-53-41-105(42-54-111)63-69-147(91(13)14,92(15)16)93(17)18)76-124-122(74-115)133(121)139-140(134(123)125)142(136(127)129)144(138(131)132)143(137(128)130)141(139)135(124)126/h37-60,73-102H,1-36H3. The molecule has 6 heteroatoms. The van der Waals surface area contributed by atoms with Crippen LogP contribution in [0.4, 0.5) is 0 Å². The molecule has 19 aromatic carbocycles. The summed E-state index contributed by atoms with van der Waals surface area (Å²) < 4.78 is 0. The predicted octanol–water partition coefficient (Wildman–Crippen LogP) is 43.6. The van der Waals surface area contributed by atoms with Gasteiger partial charge in [0.2, 0.25) is 0 Å². The monoisotopic (exact) mass is 2060 g/mol. The zero-order chi connectivity index (χ0) is 108. The molecule has 0 unspecified atom stereocenters. The maximum Gasteiger partial charge on any atom is 0.146 e. The van der Waals surface area contributed by atoms with Crippen LogP contribution in [0.3, 0.4) is 0 Å². The third kappa shape index (κ3) is 17.0. The summed E-state index contributed by atoms with van der Waals surface area (Å²) >= 11 is 0. The summed E-state index contributed by atoms with van der Waals surface area (Å²) in [4.78, 5) is 0. The number of benzene rings is 19. The third-order valence-corrected chi connectivity index (χ3v) is 76.4. The van der Waals surface area contributed by atoms with Crippen molar-refractivity contribution < 1.29 is 0 Å². The van der Waals surface area contributed by atoms with Crippen molar-refractivity contribution in [3.63, 3.8) is 0 Å². The van der Waals surface area contributed by atoms with Gasteiger partial charge in [0.1, 0.15) is 48.4 Å². The largest absolute Gasteiger partial charge is 0.146 e. The first-order valence-electron chi connectivity index (χ1n) is 57.3. The summed E-state index contributed by atoms with van der Waals surface area (Å²) in [5.74, 6) is 23.4. The molecule has 150 heavy (non-hydrogen) atoms. The molecule has 19 rings (SSSR count). The van der Waals surface area contributed by atoms with E-state index in [2.05, 4.69) is 536 Å². The van der Waals surface area contributed by atoms with E-state index in [9.17, 15) is 0 Å². The smallest absolute Gasteiger partial charge is 0.125 e. The van der Waals surface area contributed by atoms with Gasteiger partial charge in [0.25, 0.3) is 0 Å². The van der Waals surface area contributed by atoms with E-state index in [1.165, 1.54) is 196 Å². The normalized spacial score (nSPS) is 13.2. The van der Waals surface area contributed by atoms with Crippen molar-refractivity contribution in [1.82, 2.24) is 0 Å². The van der Waals surface area contributed by atoms with Gasteiger partial charge in [-0.2, -0.15) is 0 Å². The lowest BCUT2D eigenvalue weighted by molar-refractivity contribution is 0.838. The fourth-order valence-corrected chi connectivity index (χ4v) is 62.8. The lowest BCUT2D eigenvalue weighted by atomic mass is 9.72. The predicted molar refractivity (Wildman–Crippen MR) is 684 cm³/mol. The van der Waals surface area contributed by atoms with Crippen molar-refractivity contribution in [2.24, 2.45) is 0 Å². The van der Waals surface area contributed by atoms with E-state index in [1.54, 1.807) is 0 Å². The zero-order valence-electron chi connectivity index (χ0n) is 97.2. The molecule has 0 N–H and O–H groups in total. The van der Waals surface area contributed by atoms with Crippen LogP contribution >= 0.6 is 0 Å². The maximum atomic E-state index is 4.12. The highest BCUT2D eigenvalue weighted by Crippen LogP contribution is 2.64.